The molecule has 0 saturated carbocycles. The first-order chi connectivity index (χ1) is 13.8. The number of benzene rings is 2. The number of nitrogens with zero attached hydrogens (tertiary/aromatic N) is 1. The van der Waals surface area contributed by atoms with Crippen molar-refractivity contribution in [2.75, 3.05) is 0 Å². The second kappa shape index (κ2) is 11.0. The molecule has 4 nitrogen and oxygen atoms in total. The van der Waals surface area contributed by atoms with Crippen LogP contribution in [-0.4, -0.2) is 28.8 Å². The Morgan fingerprint density at radius 2 is 1.72 bits per heavy atom. The number of carbonyl (C=O) groups is 2. The Morgan fingerprint density at radius 3 is 2.34 bits per heavy atom. The van der Waals surface area contributed by atoms with Gasteiger partial charge in [0.25, 0.3) is 0 Å². The summed E-state index contributed by atoms with van der Waals surface area (Å²) < 4.78 is 0. The molecule has 0 aliphatic heterocycles. The summed E-state index contributed by atoms with van der Waals surface area (Å²) in [6, 6.07) is 15.1. The zero-order valence-electron chi connectivity index (χ0n) is 17.7. The zero-order chi connectivity index (χ0) is 21.4. The highest BCUT2D eigenvalue weighted by Gasteiger charge is 2.27. The topological polar surface area (TPSA) is 49.4 Å². The molecule has 0 spiro atoms. The van der Waals surface area contributed by atoms with Gasteiger partial charge in [-0.25, -0.2) is 0 Å². The zero-order valence-corrected chi connectivity index (χ0v) is 18.5. The van der Waals surface area contributed by atoms with E-state index in [2.05, 4.69) is 5.32 Å². The minimum atomic E-state index is -0.578. The van der Waals surface area contributed by atoms with Crippen LogP contribution in [-0.2, 0) is 22.6 Å². The summed E-state index contributed by atoms with van der Waals surface area (Å²) in [6.07, 6.45) is 1.82. The summed E-state index contributed by atoms with van der Waals surface area (Å²) in [5, 5.41) is 3.57. The van der Waals surface area contributed by atoms with Crippen LogP contribution in [0.2, 0.25) is 5.02 Å². The molecule has 29 heavy (non-hydrogen) atoms. The second-order valence-corrected chi connectivity index (χ2v) is 8.00. The number of rotatable bonds is 9. The van der Waals surface area contributed by atoms with E-state index >= 15 is 0 Å². The fourth-order valence-corrected chi connectivity index (χ4v) is 3.20. The Morgan fingerprint density at radius 1 is 1.07 bits per heavy atom. The summed E-state index contributed by atoms with van der Waals surface area (Å²) in [6.45, 7) is 8.10. The van der Waals surface area contributed by atoms with Gasteiger partial charge in [0.2, 0.25) is 11.8 Å². The van der Waals surface area contributed by atoms with Crippen molar-refractivity contribution in [1.29, 1.82) is 0 Å². The molecule has 2 atom stereocenters. The third kappa shape index (κ3) is 6.90. The maximum atomic E-state index is 13.1. The molecule has 0 fully saturated rings. The molecule has 156 valence electrons. The first-order valence-corrected chi connectivity index (χ1v) is 10.6. The van der Waals surface area contributed by atoms with E-state index in [1.807, 2.05) is 63.2 Å². The van der Waals surface area contributed by atoms with Gasteiger partial charge in [-0.1, -0.05) is 66.6 Å². The maximum Gasteiger partial charge on any atom is 0.242 e. The van der Waals surface area contributed by atoms with Crippen LogP contribution in [0.15, 0.2) is 48.5 Å². The molecule has 2 aromatic carbocycles. The molecular formula is C24H31ClN2O2. The molecule has 5 heteroatoms. The number of nitrogens with one attached hydrogen (secondary N) is 1. The third-order valence-electron chi connectivity index (χ3n) is 5.21. The summed E-state index contributed by atoms with van der Waals surface area (Å²) in [4.78, 5) is 27.4. The molecule has 2 amide bonds. The van der Waals surface area contributed by atoms with E-state index in [1.54, 1.807) is 17.9 Å². The molecule has 1 N–H and O–H groups in total. The molecule has 0 radical (unpaired) electrons. The lowest BCUT2D eigenvalue weighted by Gasteiger charge is -2.30. The van der Waals surface area contributed by atoms with E-state index in [9.17, 15) is 9.59 Å². The summed E-state index contributed by atoms with van der Waals surface area (Å²) in [7, 11) is 0. The molecule has 0 aliphatic rings. The number of hydrogen-bond donors (Lipinski definition) is 1. The van der Waals surface area contributed by atoms with Crippen LogP contribution in [0.3, 0.4) is 0 Å². The van der Waals surface area contributed by atoms with Crippen LogP contribution in [0.4, 0.5) is 0 Å². The van der Waals surface area contributed by atoms with Gasteiger partial charge in [-0.2, -0.15) is 0 Å². The average molecular weight is 415 g/mol. The van der Waals surface area contributed by atoms with E-state index in [1.165, 1.54) is 5.56 Å². The minimum Gasteiger partial charge on any atom is -0.352 e. The number of carbonyl (C=O) groups excluding carboxylic acids is 2. The Hall–Kier alpha value is -2.33. The quantitative estimate of drug-likeness (QED) is 0.633. The number of halogens is 1. The van der Waals surface area contributed by atoms with Crippen molar-refractivity contribution in [2.24, 2.45) is 0 Å². The van der Waals surface area contributed by atoms with Crippen LogP contribution in [0.1, 0.15) is 50.3 Å². The number of hydrogen-bond acceptors (Lipinski definition) is 2. The standard InChI is InChI=1S/C24H31ClN2O2/c1-5-18(3)26-24(29)19(4)27(16-21-8-6-7-9-22(21)25)23(28)15-14-20-12-10-17(2)11-13-20/h6-13,18-19H,5,14-16H2,1-4H3,(H,26,29)/t18-,19+/m0/s1. The third-order valence-corrected chi connectivity index (χ3v) is 5.58. The first kappa shape index (κ1) is 23.0. The van der Waals surface area contributed by atoms with Gasteiger partial charge < -0.3 is 10.2 Å². The highest BCUT2D eigenvalue weighted by Crippen LogP contribution is 2.20. The van der Waals surface area contributed by atoms with Gasteiger partial charge in [0.15, 0.2) is 0 Å². The van der Waals surface area contributed by atoms with Crippen LogP contribution in [0, 0.1) is 6.92 Å². The Kier molecular flexibility index (Phi) is 8.71. The van der Waals surface area contributed by atoms with Crippen molar-refractivity contribution in [1.82, 2.24) is 10.2 Å². The van der Waals surface area contributed by atoms with E-state index in [0.29, 0.717) is 24.4 Å². The molecule has 0 heterocycles. The van der Waals surface area contributed by atoms with Gasteiger partial charge in [-0.3, -0.25) is 9.59 Å². The first-order valence-electron chi connectivity index (χ1n) is 10.2. The highest BCUT2D eigenvalue weighted by atomic mass is 35.5. The van der Waals surface area contributed by atoms with Crippen molar-refractivity contribution in [2.45, 2.75) is 65.6 Å². The molecule has 0 aliphatic carbocycles. The van der Waals surface area contributed by atoms with Gasteiger partial charge in [-0.05, 0) is 50.8 Å². The summed E-state index contributed by atoms with van der Waals surface area (Å²) in [5.74, 6) is -0.201. The largest absolute Gasteiger partial charge is 0.352 e. The van der Waals surface area contributed by atoms with Crippen LogP contribution >= 0.6 is 11.6 Å². The molecule has 2 rings (SSSR count). The number of amides is 2. The summed E-state index contributed by atoms with van der Waals surface area (Å²) >= 11 is 6.31. The normalized spacial score (nSPS) is 12.9. The molecule has 0 unspecified atom stereocenters. The monoisotopic (exact) mass is 414 g/mol. The lowest BCUT2D eigenvalue weighted by molar-refractivity contribution is -0.140. The summed E-state index contributed by atoms with van der Waals surface area (Å²) in [5.41, 5.74) is 3.13. The molecule has 0 aromatic heterocycles. The second-order valence-electron chi connectivity index (χ2n) is 7.59. The smallest absolute Gasteiger partial charge is 0.242 e. The van der Waals surface area contributed by atoms with Gasteiger partial charge in [0, 0.05) is 24.0 Å². The van der Waals surface area contributed by atoms with E-state index in [0.717, 1.165) is 17.5 Å². The van der Waals surface area contributed by atoms with Gasteiger partial charge in [-0.15, -0.1) is 0 Å². The molecule has 2 aromatic rings. The van der Waals surface area contributed by atoms with E-state index in [-0.39, 0.29) is 17.9 Å². The molecule has 0 bridgehead atoms. The maximum absolute atomic E-state index is 13.1. The predicted molar refractivity (Wildman–Crippen MR) is 119 cm³/mol. The Labute approximate surface area is 179 Å². The van der Waals surface area contributed by atoms with Crippen molar-refractivity contribution in [3.05, 3.63) is 70.2 Å². The number of aryl methyl sites for hydroxylation is 2. The van der Waals surface area contributed by atoms with Crippen molar-refractivity contribution >= 4 is 23.4 Å². The van der Waals surface area contributed by atoms with Gasteiger partial charge in [0.05, 0.1) is 0 Å². The van der Waals surface area contributed by atoms with Crippen molar-refractivity contribution in [3.8, 4) is 0 Å². The molecular weight excluding hydrogens is 384 g/mol. The van der Waals surface area contributed by atoms with E-state index in [4.69, 9.17) is 11.6 Å². The lowest BCUT2D eigenvalue weighted by atomic mass is 10.1. The van der Waals surface area contributed by atoms with Crippen LogP contribution in [0.5, 0.6) is 0 Å². The van der Waals surface area contributed by atoms with E-state index < -0.39 is 6.04 Å². The Bertz CT molecular complexity index is 820. The predicted octanol–water partition coefficient (Wildman–Crippen LogP) is 4.91. The molecule has 0 saturated heterocycles. The van der Waals surface area contributed by atoms with Gasteiger partial charge in [0.1, 0.15) is 6.04 Å². The highest BCUT2D eigenvalue weighted by molar-refractivity contribution is 6.31. The lowest BCUT2D eigenvalue weighted by Crippen LogP contribution is -2.49. The fourth-order valence-electron chi connectivity index (χ4n) is 3.01. The van der Waals surface area contributed by atoms with Gasteiger partial charge >= 0.3 is 0 Å². The SMILES string of the molecule is CC[C@H](C)NC(=O)[C@@H](C)N(Cc1ccccc1Cl)C(=O)CCc1ccc(C)cc1. The van der Waals surface area contributed by atoms with Crippen LogP contribution in [0.25, 0.3) is 0 Å². The minimum absolute atomic E-state index is 0.0581. The van der Waals surface area contributed by atoms with Crippen molar-refractivity contribution < 1.29 is 9.59 Å². The fraction of sp³-hybridized carbons (Fsp3) is 0.417. The van der Waals surface area contributed by atoms with Crippen molar-refractivity contribution in [3.63, 3.8) is 0 Å². The van der Waals surface area contributed by atoms with Crippen LogP contribution < -0.4 is 5.32 Å². The Balaban J connectivity index is 2.15. The average Bonchev–Trinajstić information content (AvgIpc) is 2.71.